The van der Waals surface area contributed by atoms with Crippen molar-refractivity contribution in [2.24, 2.45) is 0 Å². The SMILES string of the molecule is Cc1ccc(C(=O)OC[C@H]2[CH][C@](F)(Cl)C(=O)O2)cc1. The molecular formula is C13H11ClFO4. The van der Waals surface area contributed by atoms with E-state index in [1.807, 2.05) is 6.92 Å². The van der Waals surface area contributed by atoms with E-state index in [1.54, 1.807) is 24.3 Å². The Hall–Kier alpha value is -1.62. The van der Waals surface area contributed by atoms with Crippen LogP contribution in [0.2, 0.25) is 0 Å². The Kier molecular flexibility index (Phi) is 3.75. The van der Waals surface area contributed by atoms with Gasteiger partial charge in [-0.3, -0.25) is 0 Å². The predicted octanol–water partition coefficient (Wildman–Crippen LogP) is 2.19. The fourth-order valence-electron chi connectivity index (χ4n) is 1.56. The average molecular weight is 286 g/mol. The Balaban J connectivity index is 1.88. The first-order chi connectivity index (χ1) is 8.88. The van der Waals surface area contributed by atoms with Crippen molar-refractivity contribution in [3.05, 3.63) is 41.8 Å². The van der Waals surface area contributed by atoms with Crippen molar-refractivity contribution in [3.63, 3.8) is 0 Å². The molecular weight excluding hydrogens is 275 g/mol. The zero-order chi connectivity index (χ0) is 14.0. The van der Waals surface area contributed by atoms with Crippen LogP contribution in [-0.4, -0.2) is 29.8 Å². The van der Waals surface area contributed by atoms with E-state index in [0.29, 0.717) is 5.56 Å². The van der Waals surface area contributed by atoms with Crippen LogP contribution in [0.25, 0.3) is 0 Å². The van der Waals surface area contributed by atoms with Gasteiger partial charge in [-0.25, -0.2) is 14.0 Å². The fourth-order valence-corrected chi connectivity index (χ4v) is 1.75. The largest absolute Gasteiger partial charge is 0.458 e. The first kappa shape index (κ1) is 13.8. The molecule has 1 saturated heterocycles. The van der Waals surface area contributed by atoms with Gasteiger partial charge in [0.25, 0.3) is 5.13 Å². The number of alkyl halides is 2. The van der Waals surface area contributed by atoms with Crippen molar-refractivity contribution in [3.8, 4) is 0 Å². The summed E-state index contributed by atoms with van der Waals surface area (Å²) in [5, 5.41) is -2.64. The van der Waals surface area contributed by atoms with Crippen LogP contribution in [0.5, 0.6) is 0 Å². The van der Waals surface area contributed by atoms with Crippen molar-refractivity contribution >= 4 is 23.5 Å². The van der Waals surface area contributed by atoms with Crippen molar-refractivity contribution in [1.82, 2.24) is 0 Å². The van der Waals surface area contributed by atoms with Crippen molar-refractivity contribution in [1.29, 1.82) is 0 Å². The highest BCUT2D eigenvalue weighted by Gasteiger charge is 2.49. The summed E-state index contributed by atoms with van der Waals surface area (Å²) in [5.74, 6) is -1.76. The number of cyclic esters (lactones) is 1. The number of esters is 2. The van der Waals surface area contributed by atoms with Gasteiger partial charge in [0, 0.05) is 0 Å². The molecule has 0 unspecified atom stereocenters. The number of aryl methyl sites for hydroxylation is 1. The third kappa shape index (κ3) is 3.23. The number of carbonyl (C=O) groups excluding carboxylic acids is 2. The zero-order valence-corrected chi connectivity index (χ0v) is 10.8. The Morgan fingerprint density at radius 3 is 2.63 bits per heavy atom. The smallest absolute Gasteiger partial charge is 0.360 e. The molecule has 0 N–H and O–H groups in total. The van der Waals surface area contributed by atoms with Gasteiger partial charge in [0.2, 0.25) is 0 Å². The summed E-state index contributed by atoms with van der Waals surface area (Å²) < 4.78 is 22.8. The van der Waals surface area contributed by atoms with Gasteiger partial charge in [-0.05, 0) is 19.1 Å². The molecule has 1 radical (unpaired) electrons. The van der Waals surface area contributed by atoms with Gasteiger partial charge in [0.05, 0.1) is 12.0 Å². The summed E-state index contributed by atoms with van der Waals surface area (Å²) in [4.78, 5) is 22.6. The molecule has 1 fully saturated rings. The minimum Gasteiger partial charge on any atom is -0.458 e. The van der Waals surface area contributed by atoms with Crippen LogP contribution >= 0.6 is 11.6 Å². The number of rotatable bonds is 3. The van der Waals surface area contributed by atoms with E-state index in [1.165, 1.54) is 0 Å². The summed E-state index contributed by atoms with van der Waals surface area (Å²) in [5.41, 5.74) is 1.38. The quantitative estimate of drug-likeness (QED) is 0.631. The first-order valence-electron chi connectivity index (χ1n) is 5.57. The Bertz CT molecular complexity index is 498. The Labute approximate surface area is 114 Å². The maximum atomic E-state index is 13.2. The second-order valence-corrected chi connectivity index (χ2v) is 4.75. The van der Waals surface area contributed by atoms with E-state index in [-0.39, 0.29) is 6.61 Å². The second-order valence-electron chi connectivity index (χ2n) is 4.20. The summed E-state index contributed by atoms with van der Waals surface area (Å²) in [6, 6.07) is 6.76. The molecule has 4 nitrogen and oxygen atoms in total. The molecule has 1 aromatic carbocycles. The molecule has 0 amide bonds. The maximum Gasteiger partial charge on any atom is 0.360 e. The van der Waals surface area contributed by atoms with Crippen LogP contribution in [0, 0.1) is 13.3 Å². The summed E-state index contributed by atoms with van der Waals surface area (Å²) >= 11 is 5.23. The molecule has 1 aliphatic heterocycles. The van der Waals surface area contributed by atoms with Gasteiger partial charge in [-0.1, -0.05) is 29.3 Å². The van der Waals surface area contributed by atoms with E-state index >= 15 is 0 Å². The lowest BCUT2D eigenvalue weighted by molar-refractivity contribution is -0.147. The van der Waals surface area contributed by atoms with Crippen molar-refractivity contribution < 1.29 is 23.5 Å². The van der Waals surface area contributed by atoms with E-state index in [4.69, 9.17) is 16.3 Å². The average Bonchev–Trinajstić information content (AvgIpc) is 2.61. The van der Waals surface area contributed by atoms with Crippen LogP contribution in [-0.2, 0) is 14.3 Å². The fraction of sp³-hybridized carbons (Fsp3) is 0.308. The minimum atomic E-state index is -2.64. The van der Waals surface area contributed by atoms with Gasteiger partial charge in [0.15, 0.2) is 0 Å². The lowest BCUT2D eigenvalue weighted by Gasteiger charge is -2.09. The van der Waals surface area contributed by atoms with Crippen LogP contribution in [0.3, 0.4) is 0 Å². The monoisotopic (exact) mass is 285 g/mol. The summed E-state index contributed by atoms with van der Waals surface area (Å²) in [6.07, 6.45) is -0.108. The Morgan fingerprint density at radius 1 is 1.47 bits per heavy atom. The number of carbonyl (C=O) groups is 2. The molecule has 0 aromatic heterocycles. The molecule has 1 aliphatic rings. The van der Waals surface area contributed by atoms with Gasteiger partial charge in [-0.15, -0.1) is 0 Å². The molecule has 101 valence electrons. The molecule has 2 rings (SSSR count). The normalized spacial score (nSPS) is 26.1. The molecule has 6 heteroatoms. The number of benzene rings is 1. The predicted molar refractivity (Wildman–Crippen MR) is 65.3 cm³/mol. The van der Waals surface area contributed by atoms with E-state index in [9.17, 15) is 14.0 Å². The lowest BCUT2D eigenvalue weighted by Crippen LogP contribution is -2.21. The Morgan fingerprint density at radius 2 is 2.11 bits per heavy atom. The standard InChI is InChI=1S/C13H11ClFO4/c1-8-2-4-9(5-3-8)11(16)18-7-10-6-13(14,15)12(17)19-10/h2-6,10H,7H2,1H3/t10-,13-/m1/s1. The lowest BCUT2D eigenvalue weighted by atomic mass is 10.1. The molecule has 0 bridgehead atoms. The number of ether oxygens (including phenoxy) is 2. The van der Waals surface area contributed by atoms with Gasteiger partial charge >= 0.3 is 11.9 Å². The first-order valence-corrected chi connectivity index (χ1v) is 5.95. The minimum absolute atomic E-state index is 0.267. The van der Waals surface area contributed by atoms with E-state index < -0.39 is 23.2 Å². The molecule has 1 aromatic rings. The van der Waals surface area contributed by atoms with Gasteiger partial charge in [-0.2, -0.15) is 0 Å². The van der Waals surface area contributed by atoms with Gasteiger partial charge in [0.1, 0.15) is 12.7 Å². The van der Waals surface area contributed by atoms with Gasteiger partial charge < -0.3 is 9.47 Å². The molecule has 0 saturated carbocycles. The van der Waals surface area contributed by atoms with Crippen LogP contribution < -0.4 is 0 Å². The topological polar surface area (TPSA) is 52.6 Å². The van der Waals surface area contributed by atoms with Crippen LogP contribution in [0.4, 0.5) is 4.39 Å². The van der Waals surface area contributed by atoms with Crippen LogP contribution in [0.1, 0.15) is 15.9 Å². The second kappa shape index (κ2) is 5.17. The molecule has 2 atom stereocenters. The highest BCUT2D eigenvalue weighted by Crippen LogP contribution is 2.32. The van der Waals surface area contributed by atoms with E-state index in [2.05, 4.69) is 4.74 Å². The van der Waals surface area contributed by atoms with Crippen molar-refractivity contribution in [2.75, 3.05) is 6.61 Å². The summed E-state index contributed by atoms with van der Waals surface area (Å²) in [6.45, 7) is 1.63. The number of halogens is 2. The highest BCUT2D eigenvalue weighted by atomic mass is 35.5. The maximum absolute atomic E-state index is 13.2. The third-order valence-electron chi connectivity index (χ3n) is 2.59. The molecule has 19 heavy (non-hydrogen) atoms. The molecule has 0 aliphatic carbocycles. The van der Waals surface area contributed by atoms with Crippen LogP contribution in [0.15, 0.2) is 24.3 Å². The molecule has 1 heterocycles. The third-order valence-corrected chi connectivity index (χ3v) is 2.87. The number of hydrogen-bond acceptors (Lipinski definition) is 4. The van der Waals surface area contributed by atoms with E-state index in [0.717, 1.165) is 12.0 Å². The highest BCUT2D eigenvalue weighted by molar-refractivity contribution is 6.34. The molecule has 0 spiro atoms. The summed E-state index contributed by atoms with van der Waals surface area (Å²) in [7, 11) is 0. The number of hydrogen-bond donors (Lipinski definition) is 0. The zero-order valence-electron chi connectivity index (χ0n) is 10.1. The van der Waals surface area contributed by atoms with Crippen molar-refractivity contribution in [2.45, 2.75) is 18.2 Å².